The first-order chi connectivity index (χ1) is 19.1. The molecule has 0 saturated carbocycles. The average Bonchev–Trinajstić information content (AvgIpc) is 3.72. The Morgan fingerprint density at radius 3 is 2.87 bits per heavy atom. The highest BCUT2D eigenvalue weighted by Gasteiger charge is 2.28. The molecular weight excluding hydrogens is 516 g/mol. The van der Waals surface area contributed by atoms with Crippen LogP contribution in [0.5, 0.6) is 0 Å². The van der Waals surface area contributed by atoms with E-state index in [0.29, 0.717) is 6.61 Å². The SMILES string of the molecule is COCn1c(=O)sc2cc(C(C)c3ccn(-c4ccc(C5CCC(COC6CCCCO6)O5)cn4)n3)ccc21. The summed E-state index contributed by atoms with van der Waals surface area (Å²) in [5, 5.41) is 4.81. The summed E-state index contributed by atoms with van der Waals surface area (Å²) in [6.45, 7) is 3.74. The highest BCUT2D eigenvalue weighted by Crippen LogP contribution is 2.33. The molecule has 5 heterocycles. The standard InChI is InChI=1S/C29H34N4O5S/c1-19(20-6-9-24-26(15-20)39-29(34)32(24)18-35-2)23-12-13-33(31-23)27-11-7-21(16-30-27)25-10-8-22(38-25)17-37-28-5-3-4-14-36-28/h6-7,9,11-13,15-16,19,22,25,28H,3-5,8,10,14,17-18H2,1-2H3. The second-order valence-corrected chi connectivity index (χ2v) is 11.2. The number of nitrogens with zero attached hydrogens (tertiary/aromatic N) is 4. The number of pyridine rings is 1. The highest BCUT2D eigenvalue weighted by atomic mass is 32.1. The van der Waals surface area contributed by atoms with Gasteiger partial charge in [-0.25, -0.2) is 9.67 Å². The Bertz CT molecular complexity index is 1460. The topological polar surface area (TPSA) is 89.6 Å². The van der Waals surface area contributed by atoms with Crippen molar-refractivity contribution in [1.29, 1.82) is 0 Å². The fourth-order valence-electron chi connectivity index (χ4n) is 5.33. The number of thiazole rings is 1. The Labute approximate surface area is 231 Å². The molecule has 206 valence electrons. The van der Waals surface area contributed by atoms with Gasteiger partial charge in [0.25, 0.3) is 0 Å². The summed E-state index contributed by atoms with van der Waals surface area (Å²) < 4.78 is 27.4. The number of methoxy groups -OCH3 is 1. The summed E-state index contributed by atoms with van der Waals surface area (Å²) in [5.41, 5.74) is 4.01. The summed E-state index contributed by atoms with van der Waals surface area (Å²) in [6.07, 6.45) is 9.05. The van der Waals surface area contributed by atoms with Gasteiger partial charge in [0.05, 0.1) is 34.7 Å². The zero-order valence-corrected chi connectivity index (χ0v) is 23.1. The Kier molecular flexibility index (Phi) is 7.90. The lowest BCUT2D eigenvalue weighted by Gasteiger charge is -2.24. The van der Waals surface area contributed by atoms with Crippen molar-refractivity contribution in [2.75, 3.05) is 20.3 Å². The van der Waals surface area contributed by atoms with Crippen molar-refractivity contribution in [1.82, 2.24) is 19.3 Å². The molecule has 0 N–H and O–H groups in total. The third kappa shape index (κ3) is 5.71. The Morgan fingerprint density at radius 2 is 2.08 bits per heavy atom. The maximum absolute atomic E-state index is 12.3. The van der Waals surface area contributed by atoms with E-state index < -0.39 is 0 Å². The van der Waals surface area contributed by atoms with Crippen LogP contribution in [0.3, 0.4) is 0 Å². The molecule has 4 unspecified atom stereocenters. The van der Waals surface area contributed by atoms with Crippen molar-refractivity contribution < 1.29 is 18.9 Å². The first kappa shape index (κ1) is 26.3. The number of rotatable bonds is 9. The number of aromatic nitrogens is 4. The molecule has 9 nitrogen and oxygen atoms in total. The van der Waals surface area contributed by atoms with E-state index in [1.165, 1.54) is 11.3 Å². The number of hydrogen-bond donors (Lipinski definition) is 0. The van der Waals surface area contributed by atoms with Crippen molar-refractivity contribution in [2.45, 2.75) is 70.2 Å². The number of fused-ring (bicyclic) bond motifs is 1. The van der Waals surface area contributed by atoms with E-state index in [9.17, 15) is 4.79 Å². The van der Waals surface area contributed by atoms with Crippen LogP contribution in [0.2, 0.25) is 0 Å². The van der Waals surface area contributed by atoms with Gasteiger partial charge < -0.3 is 18.9 Å². The minimum absolute atomic E-state index is 0.0173. The molecule has 0 radical (unpaired) electrons. The van der Waals surface area contributed by atoms with E-state index in [4.69, 9.17) is 24.0 Å². The van der Waals surface area contributed by atoms with Crippen LogP contribution in [0.15, 0.2) is 53.6 Å². The van der Waals surface area contributed by atoms with E-state index in [1.807, 2.05) is 30.6 Å². The Balaban J connectivity index is 1.09. The van der Waals surface area contributed by atoms with Crippen LogP contribution in [-0.4, -0.2) is 52.0 Å². The van der Waals surface area contributed by atoms with Gasteiger partial charge in [0, 0.05) is 32.0 Å². The Hall–Kier alpha value is -2.89. The molecule has 1 aromatic carbocycles. The van der Waals surface area contributed by atoms with E-state index in [0.717, 1.165) is 71.6 Å². The van der Waals surface area contributed by atoms with Gasteiger partial charge in [0.1, 0.15) is 6.73 Å². The molecule has 4 atom stereocenters. The molecule has 6 rings (SSSR count). The van der Waals surface area contributed by atoms with Crippen LogP contribution < -0.4 is 4.87 Å². The van der Waals surface area contributed by atoms with Crippen LogP contribution in [0.25, 0.3) is 16.0 Å². The lowest BCUT2D eigenvalue weighted by Crippen LogP contribution is -2.26. The molecule has 10 heteroatoms. The second kappa shape index (κ2) is 11.7. The van der Waals surface area contributed by atoms with Gasteiger partial charge in [-0.1, -0.05) is 30.4 Å². The van der Waals surface area contributed by atoms with Crippen LogP contribution in [-0.2, 0) is 25.7 Å². The number of hydrogen-bond acceptors (Lipinski definition) is 8. The summed E-state index contributed by atoms with van der Waals surface area (Å²) in [7, 11) is 1.59. The minimum atomic E-state index is -0.0823. The van der Waals surface area contributed by atoms with Gasteiger partial charge in [0.2, 0.25) is 0 Å². The zero-order valence-electron chi connectivity index (χ0n) is 22.3. The highest BCUT2D eigenvalue weighted by molar-refractivity contribution is 7.16. The first-order valence-corrected chi connectivity index (χ1v) is 14.4. The minimum Gasteiger partial charge on any atom is -0.368 e. The largest absolute Gasteiger partial charge is 0.368 e. The summed E-state index contributed by atoms with van der Waals surface area (Å²) in [5.74, 6) is 0.822. The van der Waals surface area contributed by atoms with E-state index in [2.05, 4.69) is 30.1 Å². The molecule has 2 saturated heterocycles. The summed E-state index contributed by atoms with van der Waals surface area (Å²) in [6, 6.07) is 12.2. The van der Waals surface area contributed by atoms with E-state index in [-0.39, 0.29) is 36.0 Å². The van der Waals surface area contributed by atoms with Gasteiger partial charge >= 0.3 is 4.87 Å². The Morgan fingerprint density at radius 1 is 1.15 bits per heavy atom. The fourth-order valence-corrected chi connectivity index (χ4v) is 6.25. The van der Waals surface area contributed by atoms with E-state index in [1.54, 1.807) is 16.4 Å². The number of benzene rings is 1. The monoisotopic (exact) mass is 550 g/mol. The van der Waals surface area contributed by atoms with Crippen LogP contribution in [0, 0.1) is 0 Å². The van der Waals surface area contributed by atoms with Gasteiger partial charge in [-0.15, -0.1) is 0 Å². The molecule has 0 bridgehead atoms. The lowest BCUT2D eigenvalue weighted by molar-refractivity contribution is -0.178. The quantitative estimate of drug-likeness (QED) is 0.284. The van der Waals surface area contributed by atoms with Crippen LogP contribution >= 0.6 is 11.3 Å². The third-order valence-electron chi connectivity index (χ3n) is 7.59. The smallest absolute Gasteiger partial charge is 0.310 e. The normalized spacial score (nSPS) is 22.5. The van der Waals surface area contributed by atoms with Gasteiger partial charge in [0.15, 0.2) is 12.1 Å². The van der Waals surface area contributed by atoms with Crippen molar-refractivity contribution in [3.8, 4) is 5.82 Å². The predicted octanol–water partition coefficient (Wildman–Crippen LogP) is 5.16. The van der Waals surface area contributed by atoms with Crippen molar-refractivity contribution in [3.05, 3.63) is 75.3 Å². The van der Waals surface area contributed by atoms with Crippen molar-refractivity contribution in [3.63, 3.8) is 0 Å². The van der Waals surface area contributed by atoms with E-state index >= 15 is 0 Å². The maximum Gasteiger partial charge on any atom is 0.310 e. The predicted molar refractivity (Wildman–Crippen MR) is 148 cm³/mol. The molecule has 2 aliphatic heterocycles. The van der Waals surface area contributed by atoms with Crippen LogP contribution in [0.4, 0.5) is 0 Å². The van der Waals surface area contributed by atoms with Crippen LogP contribution in [0.1, 0.15) is 67.9 Å². The van der Waals surface area contributed by atoms with Gasteiger partial charge in [-0.05, 0) is 67.5 Å². The molecule has 2 fully saturated rings. The molecule has 0 spiro atoms. The zero-order chi connectivity index (χ0) is 26.8. The molecule has 4 aromatic rings. The molecule has 0 amide bonds. The molecule has 39 heavy (non-hydrogen) atoms. The molecule has 0 aliphatic carbocycles. The molecule has 3 aromatic heterocycles. The summed E-state index contributed by atoms with van der Waals surface area (Å²) >= 11 is 1.24. The fraction of sp³-hybridized carbons (Fsp3) is 0.483. The summed E-state index contributed by atoms with van der Waals surface area (Å²) in [4.78, 5) is 17.0. The van der Waals surface area contributed by atoms with Gasteiger partial charge in [-0.3, -0.25) is 9.36 Å². The first-order valence-electron chi connectivity index (χ1n) is 13.6. The second-order valence-electron chi connectivity index (χ2n) is 10.3. The lowest BCUT2D eigenvalue weighted by atomic mass is 9.98. The third-order valence-corrected chi connectivity index (χ3v) is 8.54. The maximum atomic E-state index is 12.3. The van der Waals surface area contributed by atoms with Crippen molar-refractivity contribution in [2.24, 2.45) is 0 Å². The van der Waals surface area contributed by atoms with Crippen molar-refractivity contribution >= 4 is 21.6 Å². The average molecular weight is 551 g/mol. The van der Waals surface area contributed by atoms with Gasteiger partial charge in [-0.2, -0.15) is 5.10 Å². The molecule has 2 aliphatic rings. The number of ether oxygens (including phenoxy) is 4. The molecular formula is C29H34N4O5S.